The molecule has 18 heavy (non-hydrogen) atoms. The molecule has 1 fully saturated rings. The van der Waals surface area contributed by atoms with Crippen molar-refractivity contribution in [1.82, 2.24) is 4.90 Å². The Kier molecular flexibility index (Phi) is 4.55. The molecule has 1 unspecified atom stereocenters. The number of anilines is 1. The van der Waals surface area contributed by atoms with E-state index in [0.717, 1.165) is 24.3 Å². The third-order valence-corrected chi connectivity index (χ3v) is 3.25. The maximum Gasteiger partial charge on any atom is 0.125 e. The van der Waals surface area contributed by atoms with Gasteiger partial charge in [-0.3, -0.25) is 0 Å². The van der Waals surface area contributed by atoms with Crippen LogP contribution in [-0.2, 0) is 0 Å². The summed E-state index contributed by atoms with van der Waals surface area (Å²) in [5.41, 5.74) is 1.61. The van der Waals surface area contributed by atoms with Gasteiger partial charge in [-0.05, 0) is 56.6 Å². The van der Waals surface area contributed by atoms with Crippen LogP contribution < -0.4 is 5.32 Å². The second-order valence-corrected chi connectivity index (χ2v) is 5.06. The third-order valence-electron chi connectivity index (χ3n) is 3.25. The lowest BCUT2D eigenvalue weighted by Crippen LogP contribution is -2.34. The van der Waals surface area contributed by atoms with Crippen molar-refractivity contribution in [3.05, 3.63) is 29.6 Å². The monoisotopic (exact) mass is 252 g/mol. The van der Waals surface area contributed by atoms with Crippen LogP contribution in [0.15, 0.2) is 18.2 Å². The Morgan fingerprint density at radius 1 is 1.33 bits per heavy atom. The maximum absolute atomic E-state index is 13.2. The van der Waals surface area contributed by atoms with Crippen LogP contribution in [0.5, 0.6) is 0 Å². The summed E-state index contributed by atoms with van der Waals surface area (Å²) >= 11 is 0. The molecule has 0 radical (unpaired) electrons. The van der Waals surface area contributed by atoms with Crippen molar-refractivity contribution in [2.45, 2.75) is 25.9 Å². The minimum atomic E-state index is -0.410. The van der Waals surface area contributed by atoms with E-state index >= 15 is 0 Å². The number of aliphatic hydroxyl groups excluding tert-OH is 1. The van der Waals surface area contributed by atoms with E-state index in [0.29, 0.717) is 13.1 Å². The molecule has 100 valence electrons. The first-order chi connectivity index (χ1) is 8.63. The van der Waals surface area contributed by atoms with Crippen molar-refractivity contribution in [2.75, 3.05) is 31.5 Å². The molecule has 0 amide bonds. The van der Waals surface area contributed by atoms with E-state index in [1.54, 1.807) is 0 Å². The summed E-state index contributed by atoms with van der Waals surface area (Å²) in [7, 11) is 0. The van der Waals surface area contributed by atoms with Crippen molar-refractivity contribution in [3.63, 3.8) is 0 Å². The van der Waals surface area contributed by atoms with Crippen molar-refractivity contribution in [1.29, 1.82) is 0 Å². The van der Waals surface area contributed by atoms with Gasteiger partial charge < -0.3 is 15.3 Å². The minimum Gasteiger partial charge on any atom is -0.390 e. The molecular weight excluding hydrogens is 231 g/mol. The SMILES string of the molecule is Cc1cc(F)cc(NCC(O)CN2CCCC2)c1. The van der Waals surface area contributed by atoms with Crippen molar-refractivity contribution in [3.8, 4) is 0 Å². The zero-order valence-corrected chi connectivity index (χ0v) is 10.8. The molecule has 0 bridgehead atoms. The van der Waals surface area contributed by atoms with Crippen LogP contribution in [-0.4, -0.2) is 42.3 Å². The van der Waals surface area contributed by atoms with Gasteiger partial charge in [0, 0.05) is 18.8 Å². The average Bonchev–Trinajstić information content (AvgIpc) is 2.78. The van der Waals surface area contributed by atoms with Gasteiger partial charge in [-0.2, -0.15) is 0 Å². The summed E-state index contributed by atoms with van der Waals surface area (Å²) in [5.74, 6) is -0.244. The number of likely N-dealkylation sites (tertiary alicyclic amines) is 1. The van der Waals surface area contributed by atoms with E-state index in [2.05, 4.69) is 10.2 Å². The normalized spacial score (nSPS) is 17.9. The smallest absolute Gasteiger partial charge is 0.125 e. The highest BCUT2D eigenvalue weighted by molar-refractivity contribution is 5.46. The summed E-state index contributed by atoms with van der Waals surface area (Å²) in [4.78, 5) is 2.27. The predicted molar refractivity (Wildman–Crippen MR) is 71.3 cm³/mol. The first-order valence-corrected chi connectivity index (χ1v) is 6.55. The number of nitrogens with one attached hydrogen (secondary N) is 1. The number of hydrogen-bond acceptors (Lipinski definition) is 3. The summed E-state index contributed by atoms with van der Waals surface area (Å²) in [6, 6.07) is 4.83. The van der Waals surface area contributed by atoms with Crippen LogP contribution in [0.25, 0.3) is 0 Å². The first kappa shape index (κ1) is 13.3. The molecule has 0 aliphatic carbocycles. The Bertz CT molecular complexity index is 371. The fraction of sp³-hybridized carbons (Fsp3) is 0.571. The van der Waals surface area contributed by atoms with Crippen LogP contribution in [0.3, 0.4) is 0 Å². The summed E-state index contributed by atoms with van der Waals surface area (Å²) in [6.45, 7) is 5.17. The van der Waals surface area contributed by atoms with Gasteiger partial charge in [0.15, 0.2) is 0 Å². The van der Waals surface area contributed by atoms with Gasteiger partial charge in [0.1, 0.15) is 5.82 Å². The van der Waals surface area contributed by atoms with Gasteiger partial charge in [-0.25, -0.2) is 4.39 Å². The topological polar surface area (TPSA) is 35.5 Å². The molecule has 2 rings (SSSR count). The van der Waals surface area contributed by atoms with Gasteiger partial charge in [0.2, 0.25) is 0 Å². The van der Waals surface area contributed by atoms with Crippen molar-refractivity contribution >= 4 is 5.69 Å². The van der Waals surface area contributed by atoms with Gasteiger partial charge in [-0.15, -0.1) is 0 Å². The summed E-state index contributed by atoms with van der Waals surface area (Å²) in [6.07, 6.45) is 2.04. The minimum absolute atomic E-state index is 0.244. The number of aliphatic hydroxyl groups is 1. The second kappa shape index (κ2) is 6.16. The molecule has 1 aliphatic rings. The highest BCUT2D eigenvalue weighted by atomic mass is 19.1. The number of rotatable bonds is 5. The average molecular weight is 252 g/mol. The molecule has 3 nitrogen and oxygen atoms in total. The number of hydrogen-bond donors (Lipinski definition) is 2. The van der Waals surface area contributed by atoms with E-state index in [4.69, 9.17) is 0 Å². The lowest BCUT2D eigenvalue weighted by Gasteiger charge is -2.20. The Morgan fingerprint density at radius 3 is 2.72 bits per heavy atom. The highest BCUT2D eigenvalue weighted by Gasteiger charge is 2.15. The molecule has 1 aromatic carbocycles. The van der Waals surface area contributed by atoms with Crippen molar-refractivity contribution in [2.24, 2.45) is 0 Å². The van der Waals surface area contributed by atoms with Crippen LogP contribution in [0.2, 0.25) is 0 Å². The summed E-state index contributed by atoms with van der Waals surface area (Å²) < 4.78 is 13.2. The van der Waals surface area contributed by atoms with Crippen LogP contribution in [0.1, 0.15) is 18.4 Å². The lowest BCUT2D eigenvalue weighted by molar-refractivity contribution is 0.135. The Labute approximate surface area is 108 Å². The second-order valence-electron chi connectivity index (χ2n) is 5.06. The van der Waals surface area contributed by atoms with Gasteiger partial charge in [-0.1, -0.05) is 0 Å². The number of halogens is 1. The summed E-state index contributed by atoms with van der Waals surface area (Å²) in [5, 5.41) is 13.0. The highest BCUT2D eigenvalue weighted by Crippen LogP contribution is 2.13. The fourth-order valence-corrected chi connectivity index (χ4v) is 2.40. The van der Waals surface area contributed by atoms with Gasteiger partial charge >= 0.3 is 0 Å². The zero-order chi connectivity index (χ0) is 13.0. The molecule has 1 aliphatic heterocycles. The van der Waals surface area contributed by atoms with E-state index in [9.17, 15) is 9.50 Å². The first-order valence-electron chi connectivity index (χ1n) is 6.55. The standard InChI is InChI=1S/C14H21FN2O/c1-11-6-12(15)8-13(7-11)16-9-14(18)10-17-4-2-3-5-17/h6-8,14,16,18H,2-5,9-10H2,1H3. The molecule has 2 N–H and O–H groups in total. The molecule has 0 saturated carbocycles. The largest absolute Gasteiger partial charge is 0.390 e. The molecule has 1 aromatic rings. The molecule has 0 spiro atoms. The molecule has 4 heteroatoms. The third kappa shape index (κ3) is 3.96. The van der Waals surface area contributed by atoms with Gasteiger partial charge in [0.25, 0.3) is 0 Å². The number of aryl methyl sites for hydroxylation is 1. The lowest BCUT2D eigenvalue weighted by atomic mass is 10.2. The Balaban J connectivity index is 1.79. The predicted octanol–water partition coefficient (Wildman–Crippen LogP) is 2.00. The molecule has 1 heterocycles. The quantitative estimate of drug-likeness (QED) is 0.841. The number of benzene rings is 1. The van der Waals surface area contributed by atoms with Crippen LogP contribution in [0.4, 0.5) is 10.1 Å². The van der Waals surface area contributed by atoms with E-state index in [1.807, 2.05) is 13.0 Å². The van der Waals surface area contributed by atoms with E-state index in [-0.39, 0.29) is 5.82 Å². The van der Waals surface area contributed by atoms with Crippen molar-refractivity contribution < 1.29 is 9.50 Å². The fourth-order valence-electron chi connectivity index (χ4n) is 2.40. The molecule has 1 saturated heterocycles. The molecule has 0 aromatic heterocycles. The zero-order valence-electron chi connectivity index (χ0n) is 10.8. The Morgan fingerprint density at radius 2 is 2.06 bits per heavy atom. The van der Waals surface area contributed by atoms with Crippen LogP contribution in [0, 0.1) is 12.7 Å². The molecule has 1 atom stereocenters. The number of nitrogens with zero attached hydrogens (tertiary/aromatic N) is 1. The Hall–Kier alpha value is -1.13. The number of β-amino-alcohol motifs (C(OH)–C–C–N with tert-alkyl or cyclic N) is 1. The van der Waals surface area contributed by atoms with Gasteiger partial charge in [0.05, 0.1) is 6.10 Å². The molecular formula is C14H21FN2O. The van der Waals surface area contributed by atoms with E-state index < -0.39 is 6.10 Å². The maximum atomic E-state index is 13.2. The van der Waals surface area contributed by atoms with Crippen LogP contribution >= 0.6 is 0 Å². The van der Waals surface area contributed by atoms with E-state index in [1.165, 1.54) is 25.0 Å².